The normalized spacial score (nSPS) is 10.5. The molecule has 1 rings (SSSR count). The zero-order valence-corrected chi connectivity index (χ0v) is 11.9. The number of aliphatic hydroxyl groups excluding tert-OH is 3. The number of carbonyl (C=O) groups is 1. The highest BCUT2D eigenvalue weighted by molar-refractivity contribution is 5.85. The fraction of sp³-hybridized carbons (Fsp3) is 0.400. The Morgan fingerprint density at radius 1 is 0.952 bits per heavy atom. The topological polar surface area (TPSA) is 101 Å². The summed E-state index contributed by atoms with van der Waals surface area (Å²) >= 11 is 0. The summed E-state index contributed by atoms with van der Waals surface area (Å²) in [6.07, 6.45) is 2.68. The van der Waals surface area contributed by atoms with E-state index in [0.29, 0.717) is 19.6 Å². The van der Waals surface area contributed by atoms with E-state index in [1.54, 1.807) is 11.0 Å². The van der Waals surface area contributed by atoms with Gasteiger partial charge in [-0.15, -0.1) is 0 Å². The fourth-order valence-corrected chi connectivity index (χ4v) is 1.49. The molecular weight excluding hydrogens is 274 g/mol. The van der Waals surface area contributed by atoms with Gasteiger partial charge < -0.3 is 20.4 Å². The summed E-state index contributed by atoms with van der Waals surface area (Å²) in [5, 5.41) is 33.7. The van der Waals surface area contributed by atoms with Gasteiger partial charge in [0.15, 0.2) is 0 Å². The number of carboxylic acids is 1. The first-order valence-corrected chi connectivity index (χ1v) is 6.65. The second-order valence-electron chi connectivity index (χ2n) is 4.09. The van der Waals surface area contributed by atoms with Crippen molar-refractivity contribution in [1.82, 2.24) is 4.90 Å². The number of benzene rings is 1. The number of rotatable bonds is 8. The molecule has 0 amide bonds. The highest BCUT2D eigenvalue weighted by Crippen LogP contribution is 1.99. The summed E-state index contributed by atoms with van der Waals surface area (Å²) in [5.41, 5.74) is 0.898. The van der Waals surface area contributed by atoms with Crippen LogP contribution in [-0.2, 0) is 4.79 Å². The van der Waals surface area contributed by atoms with Crippen molar-refractivity contribution in [3.8, 4) is 0 Å². The maximum absolute atomic E-state index is 10.1. The lowest BCUT2D eigenvalue weighted by Crippen LogP contribution is -2.32. The monoisotopic (exact) mass is 297 g/mol. The van der Waals surface area contributed by atoms with Crippen LogP contribution in [0.2, 0.25) is 0 Å². The molecule has 118 valence electrons. The van der Waals surface area contributed by atoms with Gasteiger partial charge in [0, 0.05) is 25.7 Å². The van der Waals surface area contributed by atoms with Crippen molar-refractivity contribution in [2.75, 3.05) is 39.5 Å². The summed E-state index contributed by atoms with van der Waals surface area (Å²) in [6, 6.07) is 9.31. The summed E-state index contributed by atoms with van der Waals surface area (Å²) in [4.78, 5) is 11.9. The van der Waals surface area contributed by atoms with Crippen LogP contribution in [0.15, 0.2) is 36.4 Å². The third kappa shape index (κ3) is 11.8. The van der Waals surface area contributed by atoms with Gasteiger partial charge in [0.25, 0.3) is 0 Å². The number of hydrogen-bond acceptors (Lipinski definition) is 5. The lowest BCUT2D eigenvalue weighted by atomic mass is 10.2. The van der Waals surface area contributed by atoms with Crippen LogP contribution in [0.25, 0.3) is 6.08 Å². The fourth-order valence-electron chi connectivity index (χ4n) is 1.49. The van der Waals surface area contributed by atoms with Gasteiger partial charge in [-0.05, 0) is 11.6 Å². The SMILES string of the molecule is O=C(O)C=Cc1ccccc1.OCCN(CCO)CCO. The summed E-state index contributed by atoms with van der Waals surface area (Å²) < 4.78 is 0. The molecule has 6 heteroatoms. The molecule has 0 aliphatic rings. The van der Waals surface area contributed by atoms with Crippen LogP contribution in [0.4, 0.5) is 0 Å². The summed E-state index contributed by atoms with van der Waals surface area (Å²) in [6.45, 7) is 1.75. The molecule has 0 aliphatic heterocycles. The molecule has 0 atom stereocenters. The molecule has 4 N–H and O–H groups in total. The van der Waals surface area contributed by atoms with Gasteiger partial charge in [0.2, 0.25) is 0 Å². The van der Waals surface area contributed by atoms with Gasteiger partial charge in [-0.1, -0.05) is 30.3 Å². The van der Waals surface area contributed by atoms with Crippen molar-refractivity contribution in [2.45, 2.75) is 0 Å². The standard InChI is InChI=1S/C9H8O2.C6H15NO3/c10-9(11)7-6-8-4-2-1-3-5-8;8-4-1-7(2-5-9)3-6-10/h1-7H,(H,10,11);8-10H,1-6H2. The molecule has 0 radical (unpaired) electrons. The predicted octanol–water partition coefficient (Wildman–Crippen LogP) is 0.0497. The highest BCUT2D eigenvalue weighted by Gasteiger charge is 2.00. The molecule has 0 aromatic heterocycles. The third-order valence-electron chi connectivity index (χ3n) is 2.47. The molecule has 0 fully saturated rings. The molecule has 1 aromatic carbocycles. The molecule has 21 heavy (non-hydrogen) atoms. The van der Waals surface area contributed by atoms with Crippen LogP contribution >= 0.6 is 0 Å². The Kier molecular flexibility index (Phi) is 12.2. The second-order valence-corrected chi connectivity index (χ2v) is 4.09. The quantitative estimate of drug-likeness (QED) is 0.506. The predicted molar refractivity (Wildman–Crippen MR) is 80.8 cm³/mol. The minimum Gasteiger partial charge on any atom is -0.478 e. The average molecular weight is 297 g/mol. The van der Waals surface area contributed by atoms with Crippen molar-refractivity contribution in [1.29, 1.82) is 0 Å². The van der Waals surface area contributed by atoms with Crippen LogP contribution in [0.3, 0.4) is 0 Å². The van der Waals surface area contributed by atoms with Crippen molar-refractivity contribution >= 4 is 12.0 Å². The zero-order valence-electron chi connectivity index (χ0n) is 11.9. The minimum atomic E-state index is -0.922. The Labute approximate surface area is 124 Å². The van der Waals surface area contributed by atoms with Gasteiger partial charge in [0.05, 0.1) is 19.8 Å². The molecule has 0 aliphatic carbocycles. The Morgan fingerprint density at radius 2 is 1.43 bits per heavy atom. The zero-order chi connectivity index (χ0) is 15.9. The first-order chi connectivity index (χ1) is 10.1. The molecule has 0 bridgehead atoms. The molecule has 0 saturated carbocycles. The third-order valence-corrected chi connectivity index (χ3v) is 2.47. The van der Waals surface area contributed by atoms with E-state index >= 15 is 0 Å². The van der Waals surface area contributed by atoms with Crippen molar-refractivity contribution in [3.05, 3.63) is 42.0 Å². The first kappa shape index (κ1) is 19.3. The summed E-state index contributed by atoms with van der Waals surface area (Å²) in [7, 11) is 0. The van der Waals surface area contributed by atoms with Crippen molar-refractivity contribution < 1.29 is 25.2 Å². The van der Waals surface area contributed by atoms with E-state index in [0.717, 1.165) is 11.6 Å². The van der Waals surface area contributed by atoms with Gasteiger partial charge >= 0.3 is 5.97 Å². The largest absolute Gasteiger partial charge is 0.478 e. The van der Waals surface area contributed by atoms with Gasteiger partial charge in [-0.2, -0.15) is 0 Å². The average Bonchev–Trinajstić information content (AvgIpc) is 2.48. The van der Waals surface area contributed by atoms with E-state index in [4.69, 9.17) is 20.4 Å². The first-order valence-electron chi connectivity index (χ1n) is 6.65. The van der Waals surface area contributed by atoms with Crippen LogP contribution < -0.4 is 0 Å². The Hall–Kier alpha value is -1.73. The smallest absolute Gasteiger partial charge is 0.328 e. The van der Waals surface area contributed by atoms with Crippen LogP contribution in [0.1, 0.15) is 5.56 Å². The molecular formula is C15H23NO5. The highest BCUT2D eigenvalue weighted by atomic mass is 16.4. The molecule has 0 spiro atoms. The van der Waals surface area contributed by atoms with Crippen molar-refractivity contribution in [3.63, 3.8) is 0 Å². The van der Waals surface area contributed by atoms with Crippen LogP contribution in [0.5, 0.6) is 0 Å². The van der Waals surface area contributed by atoms with E-state index in [9.17, 15) is 4.79 Å². The lowest BCUT2D eigenvalue weighted by Gasteiger charge is -2.17. The number of hydrogen-bond donors (Lipinski definition) is 4. The molecule has 6 nitrogen and oxygen atoms in total. The Morgan fingerprint density at radius 3 is 1.81 bits per heavy atom. The molecule has 0 unspecified atom stereocenters. The lowest BCUT2D eigenvalue weighted by molar-refractivity contribution is -0.131. The number of aliphatic carboxylic acids is 1. The molecule has 0 heterocycles. The molecule has 0 saturated heterocycles. The van der Waals surface area contributed by atoms with Gasteiger partial charge in [0.1, 0.15) is 0 Å². The maximum atomic E-state index is 10.1. The van der Waals surface area contributed by atoms with Crippen molar-refractivity contribution in [2.24, 2.45) is 0 Å². The van der Waals surface area contributed by atoms with Crippen LogP contribution in [0, 0.1) is 0 Å². The van der Waals surface area contributed by atoms with E-state index in [2.05, 4.69) is 0 Å². The van der Waals surface area contributed by atoms with Crippen LogP contribution in [-0.4, -0.2) is 70.8 Å². The number of nitrogens with zero attached hydrogens (tertiary/aromatic N) is 1. The van der Waals surface area contributed by atoms with E-state index < -0.39 is 5.97 Å². The minimum absolute atomic E-state index is 0.0694. The van der Waals surface area contributed by atoms with E-state index in [-0.39, 0.29) is 19.8 Å². The van der Waals surface area contributed by atoms with E-state index in [1.165, 1.54) is 0 Å². The maximum Gasteiger partial charge on any atom is 0.328 e. The number of carboxylic acid groups (broad SMARTS) is 1. The van der Waals surface area contributed by atoms with E-state index in [1.807, 2.05) is 30.3 Å². The number of aliphatic hydroxyl groups is 3. The Balaban J connectivity index is 0.000000384. The summed E-state index contributed by atoms with van der Waals surface area (Å²) in [5.74, 6) is -0.922. The Bertz CT molecular complexity index is 380. The van der Waals surface area contributed by atoms with Gasteiger partial charge in [-0.3, -0.25) is 4.90 Å². The second kappa shape index (κ2) is 13.3. The van der Waals surface area contributed by atoms with Gasteiger partial charge in [-0.25, -0.2) is 4.79 Å². The molecule has 1 aromatic rings.